The molecule has 4 heteroatoms. The minimum absolute atomic E-state index is 0.0334. The number of ether oxygens (including phenoxy) is 2. The zero-order valence-electron chi connectivity index (χ0n) is 16.1. The standard InChI is InChI=1S/C24H23NO3/c1-27-22-13-19-20(14-23(22)28-2)24(18-11-7-4-8-12-18)25(16-21(19)26)15-17-9-5-3-6-10-17/h3-14,24H,15-16H2,1-2H3. The van der Waals surface area contributed by atoms with E-state index in [0.29, 0.717) is 30.2 Å². The maximum absolute atomic E-state index is 13.0. The summed E-state index contributed by atoms with van der Waals surface area (Å²) >= 11 is 0. The SMILES string of the molecule is COc1cc2c(cc1OC)C(c1ccccc1)N(Cc1ccccc1)CC2=O. The first kappa shape index (κ1) is 18.3. The van der Waals surface area contributed by atoms with Crippen LogP contribution in [0, 0.1) is 0 Å². The van der Waals surface area contributed by atoms with Crippen LogP contribution < -0.4 is 9.47 Å². The first-order valence-electron chi connectivity index (χ1n) is 9.33. The Morgan fingerprint density at radius 2 is 1.50 bits per heavy atom. The van der Waals surface area contributed by atoms with Crippen LogP contribution in [0.3, 0.4) is 0 Å². The van der Waals surface area contributed by atoms with Crippen molar-refractivity contribution in [2.45, 2.75) is 12.6 Å². The van der Waals surface area contributed by atoms with E-state index >= 15 is 0 Å². The summed E-state index contributed by atoms with van der Waals surface area (Å²) in [6.07, 6.45) is 0. The van der Waals surface area contributed by atoms with Crippen LogP contribution in [0.2, 0.25) is 0 Å². The van der Waals surface area contributed by atoms with Crippen molar-refractivity contribution in [2.75, 3.05) is 20.8 Å². The molecule has 0 aliphatic carbocycles. The topological polar surface area (TPSA) is 38.8 Å². The highest BCUT2D eigenvalue weighted by Crippen LogP contribution is 2.41. The normalized spacial score (nSPS) is 16.5. The molecule has 3 aromatic rings. The molecule has 0 amide bonds. The van der Waals surface area contributed by atoms with Gasteiger partial charge in [-0.25, -0.2) is 0 Å². The fourth-order valence-electron chi connectivity index (χ4n) is 3.91. The third kappa shape index (κ3) is 3.39. The molecule has 1 heterocycles. The smallest absolute Gasteiger partial charge is 0.177 e. The predicted molar refractivity (Wildman–Crippen MR) is 109 cm³/mol. The second-order valence-electron chi connectivity index (χ2n) is 6.92. The lowest BCUT2D eigenvalue weighted by Crippen LogP contribution is -2.39. The van der Waals surface area contributed by atoms with Crippen LogP contribution in [0.4, 0.5) is 0 Å². The Hall–Kier alpha value is -3.11. The number of rotatable bonds is 5. The largest absolute Gasteiger partial charge is 0.493 e. The number of methoxy groups -OCH3 is 2. The molecule has 0 fully saturated rings. The first-order valence-corrected chi connectivity index (χ1v) is 9.33. The monoisotopic (exact) mass is 373 g/mol. The van der Waals surface area contributed by atoms with Gasteiger partial charge in [0.25, 0.3) is 0 Å². The number of ketones is 1. The molecule has 28 heavy (non-hydrogen) atoms. The van der Waals surface area contributed by atoms with E-state index < -0.39 is 0 Å². The zero-order chi connectivity index (χ0) is 19.5. The number of hydrogen-bond acceptors (Lipinski definition) is 4. The summed E-state index contributed by atoms with van der Waals surface area (Å²) in [5.74, 6) is 1.31. The molecule has 1 unspecified atom stereocenters. The highest BCUT2D eigenvalue weighted by atomic mass is 16.5. The van der Waals surface area contributed by atoms with E-state index in [1.54, 1.807) is 14.2 Å². The second-order valence-corrected chi connectivity index (χ2v) is 6.92. The van der Waals surface area contributed by atoms with Crippen LogP contribution >= 0.6 is 0 Å². The first-order chi connectivity index (χ1) is 13.7. The molecule has 1 atom stereocenters. The van der Waals surface area contributed by atoms with E-state index in [2.05, 4.69) is 29.2 Å². The molecule has 0 radical (unpaired) electrons. The van der Waals surface area contributed by atoms with Crippen LogP contribution in [-0.2, 0) is 6.54 Å². The maximum Gasteiger partial charge on any atom is 0.177 e. The van der Waals surface area contributed by atoms with E-state index in [1.807, 2.05) is 48.5 Å². The zero-order valence-corrected chi connectivity index (χ0v) is 16.1. The van der Waals surface area contributed by atoms with Gasteiger partial charge in [-0.1, -0.05) is 60.7 Å². The minimum atomic E-state index is -0.0334. The number of Topliss-reactive ketones (excluding diaryl/α,β-unsaturated/α-hetero) is 1. The summed E-state index contributed by atoms with van der Waals surface area (Å²) in [5, 5.41) is 0. The molecule has 4 nitrogen and oxygen atoms in total. The summed E-state index contributed by atoms with van der Waals surface area (Å²) in [5.41, 5.74) is 3.99. The number of fused-ring (bicyclic) bond motifs is 1. The fourth-order valence-corrected chi connectivity index (χ4v) is 3.91. The van der Waals surface area contributed by atoms with Crippen molar-refractivity contribution in [3.05, 3.63) is 95.1 Å². The molecule has 142 valence electrons. The predicted octanol–water partition coefficient (Wildman–Crippen LogP) is 4.49. The van der Waals surface area contributed by atoms with Gasteiger partial charge in [0.2, 0.25) is 0 Å². The van der Waals surface area contributed by atoms with Gasteiger partial charge >= 0.3 is 0 Å². The van der Waals surface area contributed by atoms with E-state index in [1.165, 1.54) is 5.56 Å². The molecule has 0 aromatic heterocycles. The van der Waals surface area contributed by atoms with E-state index in [0.717, 1.165) is 11.1 Å². The average molecular weight is 373 g/mol. The lowest BCUT2D eigenvalue weighted by atomic mass is 9.86. The summed E-state index contributed by atoms with van der Waals surface area (Å²) in [6, 6.07) is 24.3. The van der Waals surface area contributed by atoms with Crippen molar-refractivity contribution >= 4 is 5.78 Å². The Morgan fingerprint density at radius 3 is 2.14 bits per heavy atom. The molecule has 0 bridgehead atoms. The third-order valence-electron chi connectivity index (χ3n) is 5.21. The highest BCUT2D eigenvalue weighted by Gasteiger charge is 2.34. The number of carbonyl (C=O) groups is 1. The van der Waals surface area contributed by atoms with Crippen LogP contribution in [0.25, 0.3) is 0 Å². The lowest BCUT2D eigenvalue weighted by Gasteiger charge is -2.37. The minimum Gasteiger partial charge on any atom is -0.493 e. The summed E-state index contributed by atoms with van der Waals surface area (Å²) in [7, 11) is 3.21. The lowest BCUT2D eigenvalue weighted by molar-refractivity contribution is 0.0864. The van der Waals surface area contributed by atoms with Crippen LogP contribution in [0.15, 0.2) is 72.8 Å². The summed E-state index contributed by atoms with van der Waals surface area (Å²) in [6.45, 7) is 1.05. The van der Waals surface area contributed by atoms with Gasteiger partial charge in [-0.05, 0) is 28.8 Å². The average Bonchev–Trinajstić information content (AvgIpc) is 2.74. The van der Waals surface area contributed by atoms with E-state index in [9.17, 15) is 4.79 Å². The molecule has 4 rings (SSSR count). The third-order valence-corrected chi connectivity index (χ3v) is 5.21. The van der Waals surface area contributed by atoms with Crippen molar-refractivity contribution in [1.29, 1.82) is 0 Å². The number of hydrogen-bond donors (Lipinski definition) is 0. The Morgan fingerprint density at radius 1 is 0.893 bits per heavy atom. The molecule has 0 N–H and O–H groups in total. The van der Waals surface area contributed by atoms with Gasteiger partial charge < -0.3 is 9.47 Å². The van der Waals surface area contributed by atoms with Gasteiger partial charge in [0.15, 0.2) is 17.3 Å². The van der Waals surface area contributed by atoms with Gasteiger partial charge in [-0.2, -0.15) is 0 Å². The summed E-state index contributed by atoms with van der Waals surface area (Å²) in [4.78, 5) is 15.2. The Balaban J connectivity index is 1.84. The number of nitrogens with zero attached hydrogens (tertiary/aromatic N) is 1. The summed E-state index contributed by atoms with van der Waals surface area (Å²) < 4.78 is 10.9. The fraction of sp³-hybridized carbons (Fsp3) is 0.208. The van der Waals surface area contributed by atoms with Crippen LogP contribution in [0.1, 0.15) is 33.1 Å². The molecule has 0 spiro atoms. The molecule has 0 saturated heterocycles. The molecule has 1 aliphatic rings. The molecular weight excluding hydrogens is 350 g/mol. The van der Waals surface area contributed by atoms with Gasteiger partial charge in [-0.3, -0.25) is 9.69 Å². The Kier molecular flexibility index (Phi) is 5.13. The van der Waals surface area contributed by atoms with Crippen molar-refractivity contribution < 1.29 is 14.3 Å². The molecule has 1 aliphatic heterocycles. The van der Waals surface area contributed by atoms with Crippen molar-refractivity contribution in [1.82, 2.24) is 4.90 Å². The molecule has 0 saturated carbocycles. The van der Waals surface area contributed by atoms with Crippen LogP contribution in [0.5, 0.6) is 11.5 Å². The number of benzene rings is 3. The van der Waals surface area contributed by atoms with E-state index in [-0.39, 0.29) is 11.8 Å². The van der Waals surface area contributed by atoms with Crippen molar-refractivity contribution in [3.8, 4) is 11.5 Å². The Bertz CT molecular complexity index is 970. The van der Waals surface area contributed by atoms with Crippen molar-refractivity contribution in [3.63, 3.8) is 0 Å². The second kappa shape index (κ2) is 7.87. The van der Waals surface area contributed by atoms with E-state index in [4.69, 9.17) is 9.47 Å². The molecule has 3 aromatic carbocycles. The molecular formula is C24H23NO3. The highest BCUT2D eigenvalue weighted by molar-refractivity contribution is 6.01. The van der Waals surface area contributed by atoms with Gasteiger partial charge in [-0.15, -0.1) is 0 Å². The van der Waals surface area contributed by atoms with Crippen LogP contribution in [-0.4, -0.2) is 31.4 Å². The van der Waals surface area contributed by atoms with Gasteiger partial charge in [0, 0.05) is 12.1 Å². The number of carbonyl (C=O) groups excluding carboxylic acids is 1. The van der Waals surface area contributed by atoms with Gasteiger partial charge in [0.1, 0.15) is 0 Å². The maximum atomic E-state index is 13.0. The van der Waals surface area contributed by atoms with Crippen molar-refractivity contribution in [2.24, 2.45) is 0 Å². The Labute approximate surface area is 165 Å². The quantitative estimate of drug-likeness (QED) is 0.660. The van der Waals surface area contributed by atoms with Gasteiger partial charge in [0.05, 0.1) is 26.8 Å².